The zero-order chi connectivity index (χ0) is 22.0. The van der Waals surface area contributed by atoms with Crippen molar-refractivity contribution < 1.29 is 13.2 Å². The van der Waals surface area contributed by atoms with Gasteiger partial charge in [0.05, 0.1) is 10.5 Å². The molecule has 3 heterocycles. The van der Waals surface area contributed by atoms with E-state index in [9.17, 15) is 13.2 Å². The number of hydrogen-bond donors (Lipinski definition) is 1. The van der Waals surface area contributed by atoms with Gasteiger partial charge >= 0.3 is 0 Å². The van der Waals surface area contributed by atoms with Crippen LogP contribution in [0.1, 0.15) is 39.2 Å². The summed E-state index contributed by atoms with van der Waals surface area (Å²) in [5, 5.41) is 14.8. The fraction of sp³-hybridized carbons (Fsp3) is 0.400. The highest BCUT2D eigenvalue weighted by Gasteiger charge is 2.27. The van der Waals surface area contributed by atoms with Crippen molar-refractivity contribution in [3.05, 3.63) is 52.2 Å². The molecule has 3 aromatic rings. The van der Waals surface area contributed by atoms with E-state index in [1.54, 1.807) is 12.1 Å². The molecule has 0 radical (unpaired) electrons. The molecule has 1 aromatic carbocycles. The predicted octanol–water partition coefficient (Wildman–Crippen LogP) is 2.10. The fourth-order valence-electron chi connectivity index (χ4n) is 3.61. The molecule has 31 heavy (non-hydrogen) atoms. The van der Waals surface area contributed by atoms with Crippen molar-refractivity contribution in [1.82, 2.24) is 29.8 Å². The van der Waals surface area contributed by atoms with E-state index in [2.05, 4.69) is 20.8 Å². The van der Waals surface area contributed by atoms with Gasteiger partial charge in [0.1, 0.15) is 11.3 Å². The van der Waals surface area contributed by atoms with Gasteiger partial charge in [0, 0.05) is 24.5 Å². The molecular formula is C20H24N6O3S2. The minimum Gasteiger partial charge on any atom is -0.352 e. The Morgan fingerprint density at radius 2 is 1.87 bits per heavy atom. The van der Waals surface area contributed by atoms with Crippen molar-refractivity contribution in [2.24, 2.45) is 0 Å². The molecule has 4 rings (SSSR count). The lowest BCUT2D eigenvalue weighted by Gasteiger charge is -2.15. The Balaban J connectivity index is 1.40. The summed E-state index contributed by atoms with van der Waals surface area (Å²) < 4.78 is 28.3. The minimum atomic E-state index is -3.41. The van der Waals surface area contributed by atoms with E-state index < -0.39 is 10.0 Å². The lowest BCUT2D eigenvalue weighted by Crippen LogP contribution is -2.28. The summed E-state index contributed by atoms with van der Waals surface area (Å²) in [4.78, 5) is 14.2. The number of rotatable bonds is 7. The first-order chi connectivity index (χ1) is 14.9. The van der Waals surface area contributed by atoms with Gasteiger partial charge in [-0.2, -0.15) is 8.99 Å². The molecule has 0 unspecified atom stereocenters. The largest absolute Gasteiger partial charge is 0.352 e. The molecule has 1 N–H and O–H groups in total. The Bertz CT molecular complexity index is 1160. The Hall–Kier alpha value is -2.63. The summed E-state index contributed by atoms with van der Waals surface area (Å²) in [5.41, 5.74) is 2.44. The molecule has 0 saturated carbocycles. The SMILES string of the molecule is Cc1sc(-n2cnnn2)c(C(=O)NCCc2ccc(S(=O)(=O)N3CCCC3)cc2)c1C. The maximum atomic E-state index is 12.8. The maximum absolute atomic E-state index is 12.8. The van der Waals surface area contributed by atoms with Gasteiger partial charge in [-0.25, -0.2) is 8.42 Å². The van der Waals surface area contributed by atoms with E-state index in [-0.39, 0.29) is 5.91 Å². The third-order valence-corrected chi connectivity index (χ3v) is 8.59. The second-order valence-corrected chi connectivity index (χ2v) is 10.6. The van der Waals surface area contributed by atoms with Gasteiger partial charge in [0.15, 0.2) is 0 Å². The first kappa shape index (κ1) is 21.6. The average molecular weight is 461 g/mol. The van der Waals surface area contributed by atoms with Crippen LogP contribution in [0.15, 0.2) is 35.5 Å². The Morgan fingerprint density at radius 3 is 2.52 bits per heavy atom. The van der Waals surface area contributed by atoms with Crippen LogP contribution in [0, 0.1) is 13.8 Å². The van der Waals surface area contributed by atoms with E-state index in [0.29, 0.717) is 41.5 Å². The summed E-state index contributed by atoms with van der Waals surface area (Å²) in [5.74, 6) is -0.180. The molecular weight excluding hydrogens is 436 g/mol. The van der Waals surface area contributed by atoms with Gasteiger partial charge < -0.3 is 5.32 Å². The molecule has 1 aliphatic heterocycles. The maximum Gasteiger partial charge on any atom is 0.254 e. The lowest BCUT2D eigenvalue weighted by molar-refractivity contribution is 0.0954. The van der Waals surface area contributed by atoms with Gasteiger partial charge in [-0.05, 0) is 66.8 Å². The van der Waals surface area contributed by atoms with E-state index in [4.69, 9.17) is 0 Å². The molecule has 9 nitrogen and oxygen atoms in total. The number of aryl methyl sites for hydroxylation is 1. The number of aromatic nitrogens is 4. The number of amides is 1. The molecule has 164 valence electrons. The highest BCUT2D eigenvalue weighted by atomic mass is 32.2. The molecule has 1 fully saturated rings. The molecule has 0 aliphatic carbocycles. The lowest BCUT2D eigenvalue weighted by atomic mass is 10.1. The smallest absolute Gasteiger partial charge is 0.254 e. The van der Waals surface area contributed by atoms with Crippen molar-refractivity contribution in [2.45, 2.75) is 38.0 Å². The van der Waals surface area contributed by atoms with Gasteiger partial charge in [-0.15, -0.1) is 16.4 Å². The summed E-state index contributed by atoms with van der Waals surface area (Å²) in [7, 11) is -3.41. The molecule has 0 spiro atoms. The van der Waals surface area contributed by atoms with Crippen molar-refractivity contribution in [2.75, 3.05) is 19.6 Å². The molecule has 0 atom stereocenters. The predicted molar refractivity (Wildman–Crippen MR) is 117 cm³/mol. The van der Waals surface area contributed by atoms with Gasteiger partial charge in [-0.1, -0.05) is 12.1 Å². The summed E-state index contributed by atoms with van der Waals surface area (Å²) in [6, 6.07) is 6.91. The average Bonchev–Trinajstić information content (AvgIpc) is 3.51. The van der Waals surface area contributed by atoms with Crippen LogP contribution in [0.3, 0.4) is 0 Å². The van der Waals surface area contributed by atoms with Crippen LogP contribution in [0.2, 0.25) is 0 Å². The zero-order valence-corrected chi connectivity index (χ0v) is 19.0. The highest BCUT2D eigenvalue weighted by molar-refractivity contribution is 7.89. The van der Waals surface area contributed by atoms with E-state index in [1.807, 2.05) is 26.0 Å². The zero-order valence-electron chi connectivity index (χ0n) is 17.4. The van der Waals surface area contributed by atoms with Crippen LogP contribution in [-0.2, 0) is 16.4 Å². The van der Waals surface area contributed by atoms with Crippen LogP contribution in [-0.4, -0.2) is 58.5 Å². The number of benzene rings is 1. The number of hydrogen-bond acceptors (Lipinski definition) is 7. The number of nitrogens with one attached hydrogen (secondary N) is 1. The third kappa shape index (κ3) is 4.39. The minimum absolute atomic E-state index is 0.180. The normalized spacial score (nSPS) is 14.8. The molecule has 2 aromatic heterocycles. The third-order valence-electron chi connectivity index (χ3n) is 5.48. The van der Waals surface area contributed by atoms with Gasteiger partial charge in [0.2, 0.25) is 10.0 Å². The summed E-state index contributed by atoms with van der Waals surface area (Å²) in [6.45, 7) is 5.48. The second kappa shape index (κ2) is 8.85. The second-order valence-electron chi connectivity index (χ2n) is 7.48. The molecule has 1 saturated heterocycles. The standard InChI is InChI=1S/C20H24N6O3S2/c1-14-15(2)30-20(26-13-22-23-24-26)18(14)19(27)21-10-9-16-5-7-17(8-6-16)31(28,29)25-11-3-4-12-25/h5-8,13H,3-4,9-12H2,1-2H3,(H,21,27). The fourth-order valence-corrected chi connectivity index (χ4v) is 6.19. The Kier molecular flexibility index (Phi) is 6.17. The number of nitrogens with zero attached hydrogens (tertiary/aromatic N) is 5. The Labute approximate surface area is 185 Å². The first-order valence-electron chi connectivity index (χ1n) is 10.1. The molecule has 0 bridgehead atoms. The number of carbonyl (C=O) groups excluding carboxylic acids is 1. The summed E-state index contributed by atoms with van der Waals surface area (Å²) >= 11 is 1.47. The van der Waals surface area contributed by atoms with E-state index in [0.717, 1.165) is 28.8 Å². The monoisotopic (exact) mass is 460 g/mol. The first-order valence-corrected chi connectivity index (χ1v) is 12.3. The van der Waals surface area contributed by atoms with Crippen molar-refractivity contribution in [3.63, 3.8) is 0 Å². The number of sulfonamides is 1. The molecule has 1 amide bonds. The van der Waals surface area contributed by atoms with Crippen molar-refractivity contribution >= 4 is 27.3 Å². The number of carbonyl (C=O) groups is 1. The van der Waals surface area contributed by atoms with E-state index >= 15 is 0 Å². The molecule has 11 heteroatoms. The van der Waals surface area contributed by atoms with Crippen LogP contribution in [0.4, 0.5) is 0 Å². The van der Waals surface area contributed by atoms with Crippen molar-refractivity contribution in [1.29, 1.82) is 0 Å². The number of tetrazole rings is 1. The number of thiophene rings is 1. The topological polar surface area (TPSA) is 110 Å². The van der Waals surface area contributed by atoms with Crippen LogP contribution in [0.5, 0.6) is 0 Å². The van der Waals surface area contributed by atoms with Crippen LogP contribution < -0.4 is 5.32 Å². The van der Waals surface area contributed by atoms with E-state index in [1.165, 1.54) is 26.7 Å². The molecule has 1 aliphatic rings. The highest BCUT2D eigenvalue weighted by Crippen LogP contribution is 2.30. The van der Waals surface area contributed by atoms with Gasteiger partial charge in [0.25, 0.3) is 5.91 Å². The summed E-state index contributed by atoms with van der Waals surface area (Å²) in [6.07, 6.45) is 3.89. The van der Waals surface area contributed by atoms with Crippen LogP contribution >= 0.6 is 11.3 Å². The Morgan fingerprint density at radius 1 is 1.16 bits per heavy atom. The quantitative estimate of drug-likeness (QED) is 0.578. The van der Waals surface area contributed by atoms with Crippen LogP contribution in [0.25, 0.3) is 5.00 Å². The van der Waals surface area contributed by atoms with Crippen molar-refractivity contribution in [3.8, 4) is 5.00 Å². The van der Waals surface area contributed by atoms with Gasteiger partial charge in [-0.3, -0.25) is 4.79 Å².